The van der Waals surface area contributed by atoms with Gasteiger partial charge in [0.1, 0.15) is 0 Å². The standard InChI is InChI=1S/C13H26N2O/c1-11(2)15-9-12(3,4)16-13(10-15)5-7-14-8-6-13/h11,14H,5-10H2,1-4H3. The predicted octanol–water partition coefficient (Wildman–Crippen LogP) is 1.63. The normalized spacial score (nSPS) is 29.8. The molecule has 2 rings (SSSR count). The molecule has 0 bridgehead atoms. The summed E-state index contributed by atoms with van der Waals surface area (Å²) in [6, 6.07) is 0.620. The van der Waals surface area contributed by atoms with Crippen LogP contribution in [0.25, 0.3) is 0 Å². The Hall–Kier alpha value is -0.120. The first-order valence-corrected chi connectivity index (χ1v) is 6.57. The molecular weight excluding hydrogens is 200 g/mol. The molecule has 0 atom stereocenters. The highest BCUT2D eigenvalue weighted by Crippen LogP contribution is 2.35. The second-order valence-electron chi connectivity index (χ2n) is 6.29. The Morgan fingerprint density at radius 1 is 1.12 bits per heavy atom. The molecule has 0 saturated carbocycles. The maximum atomic E-state index is 6.40. The van der Waals surface area contributed by atoms with E-state index in [1.165, 1.54) is 0 Å². The molecule has 0 aromatic rings. The summed E-state index contributed by atoms with van der Waals surface area (Å²) in [5.41, 5.74) is 0.108. The summed E-state index contributed by atoms with van der Waals surface area (Å²) in [4.78, 5) is 2.58. The van der Waals surface area contributed by atoms with Crippen molar-refractivity contribution in [3.63, 3.8) is 0 Å². The Labute approximate surface area is 99.5 Å². The van der Waals surface area contributed by atoms with Crippen molar-refractivity contribution < 1.29 is 4.74 Å². The summed E-state index contributed by atoms with van der Waals surface area (Å²) in [6.45, 7) is 13.4. The van der Waals surface area contributed by atoms with Crippen LogP contribution >= 0.6 is 0 Å². The zero-order valence-corrected chi connectivity index (χ0v) is 11.2. The molecule has 0 aromatic heterocycles. The first-order valence-electron chi connectivity index (χ1n) is 6.57. The zero-order chi connectivity index (χ0) is 11.8. The fraction of sp³-hybridized carbons (Fsp3) is 1.00. The van der Waals surface area contributed by atoms with E-state index in [0.29, 0.717) is 6.04 Å². The van der Waals surface area contributed by atoms with E-state index < -0.39 is 0 Å². The van der Waals surface area contributed by atoms with Crippen LogP contribution < -0.4 is 5.32 Å². The van der Waals surface area contributed by atoms with Gasteiger partial charge in [0, 0.05) is 19.1 Å². The first-order chi connectivity index (χ1) is 7.43. The third kappa shape index (κ3) is 2.58. The monoisotopic (exact) mass is 226 g/mol. The molecule has 94 valence electrons. The van der Waals surface area contributed by atoms with Gasteiger partial charge in [-0.05, 0) is 53.6 Å². The van der Waals surface area contributed by atoms with Gasteiger partial charge in [-0.15, -0.1) is 0 Å². The van der Waals surface area contributed by atoms with Crippen molar-refractivity contribution in [1.82, 2.24) is 10.2 Å². The Bertz CT molecular complexity index is 244. The predicted molar refractivity (Wildman–Crippen MR) is 66.7 cm³/mol. The minimum atomic E-state index is -0.000139. The lowest BCUT2D eigenvalue weighted by molar-refractivity contribution is -0.210. The number of nitrogens with zero attached hydrogens (tertiary/aromatic N) is 1. The van der Waals surface area contributed by atoms with Crippen molar-refractivity contribution in [2.45, 2.75) is 57.8 Å². The summed E-state index contributed by atoms with van der Waals surface area (Å²) in [6.07, 6.45) is 2.30. The summed E-state index contributed by atoms with van der Waals surface area (Å²) >= 11 is 0. The van der Waals surface area contributed by atoms with E-state index >= 15 is 0 Å². The van der Waals surface area contributed by atoms with Gasteiger partial charge in [0.25, 0.3) is 0 Å². The average Bonchev–Trinajstić information content (AvgIpc) is 2.15. The maximum Gasteiger partial charge on any atom is 0.0841 e. The highest BCUT2D eigenvalue weighted by molar-refractivity contribution is 4.97. The highest BCUT2D eigenvalue weighted by atomic mass is 16.5. The van der Waals surface area contributed by atoms with E-state index in [0.717, 1.165) is 39.0 Å². The Morgan fingerprint density at radius 3 is 2.31 bits per heavy atom. The number of morpholine rings is 1. The number of ether oxygens (including phenoxy) is 1. The van der Waals surface area contributed by atoms with E-state index in [9.17, 15) is 0 Å². The summed E-state index contributed by atoms with van der Waals surface area (Å²) < 4.78 is 6.40. The first kappa shape index (κ1) is 12.3. The molecule has 3 heteroatoms. The topological polar surface area (TPSA) is 24.5 Å². The van der Waals surface area contributed by atoms with Gasteiger partial charge in [0.05, 0.1) is 11.2 Å². The van der Waals surface area contributed by atoms with Crippen LogP contribution in [0.4, 0.5) is 0 Å². The molecule has 2 aliphatic heterocycles. The SMILES string of the molecule is CC(C)N1CC(C)(C)OC2(CCNCC2)C1. The number of nitrogens with one attached hydrogen (secondary N) is 1. The van der Waals surface area contributed by atoms with Crippen molar-refractivity contribution in [3.8, 4) is 0 Å². The van der Waals surface area contributed by atoms with Gasteiger partial charge >= 0.3 is 0 Å². The van der Waals surface area contributed by atoms with Gasteiger partial charge in [-0.1, -0.05) is 0 Å². The molecular formula is C13H26N2O. The van der Waals surface area contributed by atoms with Crippen molar-refractivity contribution in [2.24, 2.45) is 0 Å². The van der Waals surface area contributed by atoms with Crippen LogP contribution in [0.3, 0.4) is 0 Å². The van der Waals surface area contributed by atoms with Crippen LogP contribution in [0.15, 0.2) is 0 Å². The molecule has 0 aromatic carbocycles. The van der Waals surface area contributed by atoms with Gasteiger partial charge in [0.2, 0.25) is 0 Å². The molecule has 0 amide bonds. The molecule has 0 unspecified atom stereocenters. The molecule has 2 saturated heterocycles. The maximum absolute atomic E-state index is 6.40. The minimum Gasteiger partial charge on any atom is -0.366 e. The van der Waals surface area contributed by atoms with Crippen LogP contribution in [-0.2, 0) is 4.74 Å². The van der Waals surface area contributed by atoms with E-state index in [4.69, 9.17) is 4.74 Å². The number of hydrogen-bond donors (Lipinski definition) is 1. The summed E-state index contributed by atoms with van der Waals surface area (Å²) in [7, 11) is 0. The van der Waals surface area contributed by atoms with E-state index in [1.807, 2.05) is 0 Å². The number of hydrogen-bond acceptors (Lipinski definition) is 3. The van der Waals surface area contributed by atoms with E-state index in [1.54, 1.807) is 0 Å². The van der Waals surface area contributed by atoms with Gasteiger partial charge in [-0.3, -0.25) is 4.90 Å². The third-order valence-electron chi connectivity index (χ3n) is 3.81. The Kier molecular flexibility index (Phi) is 3.30. The van der Waals surface area contributed by atoms with E-state index in [-0.39, 0.29) is 11.2 Å². The summed E-state index contributed by atoms with van der Waals surface area (Å²) in [5.74, 6) is 0. The Morgan fingerprint density at radius 2 is 1.75 bits per heavy atom. The molecule has 2 aliphatic rings. The van der Waals surface area contributed by atoms with Gasteiger partial charge in [-0.25, -0.2) is 0 Å². The van der Waals surface area contributed by atoms with Crippen molar-refractivity contribution in [3.05, 3.63) is 0 Å². The van der Waals surface area contributed by atoms with Crippen LogP contribution in [0.1, 0.15) is 40.5 Å². The second kappa shape index (κ2) is 4.28. The molecule has 0 aliphatic carbocycles. The van der Waals surface area contributed by atoms with Crippen molar-refractivity contribution in [1.29, 1.82) is 0 Å². The second-order valence-corrected chi connectivity index (χ2v) is 6.29. The minimum absolute atomic E-state index is 0.000139. The van der Waals surface area contributed by atoms with Crippen molar-refractivity contribution in [2.75, 3.05) is 26.2 Å². The number of rotatable bonds is 1. The van der Waals surface area contributed by atoms with Crippen LogP contribution in [0.5, 0.6) is 0 Å². The fourth-order valence-electron chi connectivity index (χ4n) is 3.07. The third-order valence-corrected chi connectivity index (χ3v) is 3.81. The van der Waals surface area contributed by atoms with Gasteiger partial charge in [-0.2, -0.15) is 0 Å². The average molecular weight is 226 g/mol. The lowest BCUT2D eigenvalue weighted by Crippen LogP contribution is -2.63. The van der Waals surface area contributed by atoms with Crippen LogP contribution in [0, 0.1) is 0 Å². The highest BCUT2D eigenvalue weighted by Gasteiger charge is 2.45. The van der Waals surface area contributed by atoms with E-state index in [2.05, 4.69) is 37.9 Å². The smallest absolute Gasteiger partial charge is 0.0841 e. The summed E-state index contributed by atoms with van der Waals surface area (Å²) in [5, 5.41) is 3.43. The molecule has 16 heavy (non-hydrogen) atoms. The zero-order valence-electron chi connectivity index (χ0n) is 11.2. The largest absolute Gasteiger partial charge is 0.366 e. The Balaban J connectivity index is 2.13. The van der Waals surface area contributed by atoms with Gasteiger partial charge in [0.15, 0.2) is 0 Å². The molecule has 0 radical (unpaired) electrons. The molecule has 2 fully saturated rings. The van der Waals surface area contributed by atoms with Crippen LogP contribution in [0.2, 0.25) is 0 Å². The van der Waals surface area contributed by atoms with Gasteiger partial charge < -0.3 is 10.1 Å². The fourth-order valence-corrected chi connectivity index (χ4v) is 3.07. The van der Waals surface area contributed by atoms with Crippen molar-refractivity contribution >= 4 is 0 Å². The molecule has 3 nitrogen and oxygen atoms in total. The molecule has 1 N–H and O–H groups in total. The molecule has 2 heterocycles. The quantitative estimate of drug-likeness (QED) is 0.735. The molecule has 1 spiro atoms. The van der Waals surface area contributed by atoms with Crippen LogP contribution in [-0.4, -0.2) is 48.3 Å². The lowest BCUT2D eigenvalue weighted by atomic mass is 9.87. The number of piperidine rings is 1. The lowest BCUT2D eigenvalue weighted by Gasteiger charge is -2.53.